The van der Waals surface area contributed by atoms with Gasteiger partial charge in [0.2, 0.25) is 0 Å². The normalized spacial score (nSPS) is 28.7. The van der Waals surface area contributed by atoms with Gasteiger partial charge in [-0.2, -0.15) is 0 Å². The molecule has 0 spiro atoms. The van der Waals surface area contributed by atoms with E-state index >= 15 is 0 Å². The molecule has 2 N–H and O–H groups in total. The first-order chi connectivity index (χ1) is 11.2. The van der Waals surface area contributed by atoms with Gasteiger partial charge in [0, 0.05) is 5.92 Å². The maximum absolute atomic E-state index is 10.2. The first-order valence-corrected chi connectivity index (χ1v) is 9.12. The third-order valence-corrected chi connectivity index (χ3v) is 5.27. The smallest absolute Gasteiger partial charge is 0.137 e. The lowest BCUT2D eigenvalue weighted by atomic mass is 9.99. The van der Waals surface area contributed by atoms with E-state index in [2.05, 4.69) is 31.2 Å². The van der Waals surface area contributed by atoms with E-state index in [1.54, 1.807) is 0 Å². The van der Waals surface area contributed by atoms with E-state index in [4.69, 9.17) is 4.74 Å². The lowest BCUT2D eigenvalue weighted by Gasteiger charge is -2.28. The average Bonchev–Trinajstić information content (AvgIpc) is 3.10. The number of rotatable bonds is 6. The zero-order valence-corrected chi connectivity index (χ0v) is 14.2. The van der Waals surface area contributed by atoms with Crippen LogP contribution in [-0.2, 0) is 0 Å². The molecule has 2 atom stereocenters. The Bertz CT molecular complexity index is 503. The zero-order valence-electron chi connectivity index (χ0n) is 14.2. The second kappa shape index (κ2) is 7.98. The number of piperidine rings is 1. The van der Waals surface area contributed by atoms with Crippen LogP contribution in [0.2, 0.25) is 0 Å². The van der Waals surface area contributed by atoms with Crippen molar-refractivity contribution in [3.05, 3.63) is 42.0 Å². The highest BCUT2D eigenvalue weighted by Gasteiger charge is 2.21. The summed E-state index contributed by atoms with van der Waals surface area (Å²) in [5.41, 5.74) is 1.36. The van der Waals surface area contributed by atoms with Gasteiger partial charge in [0.1, 0.15) is 25.0 Å². The molecule has 1 aromatic carbocycles. The molecule has 0 saturated carbocycles. The Labute approximate surface area is 140 Å². The van der Waals surface area contributed by atoms with Crippen LogP contribution >= 0.6 is 0 Å². The molecular formula is C20H30NO2+. The highest BCUT2D eigenvalue weighted by Crippen LogP contribution is 2.29. The van der Waals surface area contributed by atoms with Crippen molar-refractivity contribution in [3.8, 4) is 5.75 Å². The van der Waals surface area contributed by atoms with Crippen molar-refractivity contribution in [2.45, 2.75) is 44.6 Å². The summed E-state index contributed by atoms with van der Waals surface area (Å²) in [5.74, 6) is 2.28. The van der Waals surface area contributed by atoms with E-state index in [0.717, 1.165) is 18.2 Å². The number of benzene rings is 1. The Morgan fingerprint density at radius 1 is 1.17 bits per heavy atom. The fraction of sp³-hybridized carbons (Fsp3) is 0.600. The van der Waals surface area contributed by atoms with E-state index in [1.165, 1.54) is 49.2 Å². The third-order valence-electron chi connectivity index (χ3n) is 5.27. The summed E-state index contributed by atoms with van der Waals surface area (Å²) in [7, 11) is 0. The number of hydrogen-bond acceptors (Lipinski definition) is 2. The molecule has 23 heavy (non-hydrogen) atoms. The monoisotopic (exact) mass is 316 g/mol. The van der Waals surface area contributed by atoms with E-state index in [1.807, 2.05) is 12.1 Å². The Morgan fingerprint density at radius 3 is 2.57 bits per heavy atom. The van der Waals surface area contributed by atoms with Gasteiger partial charge in [-0.3, -0.25) is 0 Å². The van der Waals surface area contributed by atoms with Crippen molar-refractivity contribution in [1.29, 1.82) is 0 Å². The minimum atomic E-state index is -0.379. The Balaban J connectivity index is 1.41. The molecule has 2 aliphatic rings. The zero-order chi connectivity index (χ0) is 16.1. The van der Waals surface area contributed by atoms with Gasteiger partial charge in [-0.1, -0.05) is 31.2 Å². The number of allylic oxidation sites excluding steroid dienone is 2. The molecule has 0 bridgehead atoms. The van der Waals surface area contributed by atoms with Crippen LogP contribution in [-0.4, -0.2) is 37.5 Å². The Kier molecular flexibility index (Phi) is 5.74. The Morgan fingerprint density at radius 2 is 1.91 bits per heavy atom. The topological polar surface area (TPSA) is 33.9 Å². The third kappa shape index (κ3) is 4.82. The highest BCUT2D eigenvalue weighted by molar-refractivity contribution is 5.32. The summed E-state index contributed by atoms with van der Waals surface area (Å²) in [6.45, 7) is 5.88. The predicted molar refractivity (Wildman–Crippen MR) is 93.0 cm³/mol. The van der Waals surface area contributed by atoms with Crippen molar-refractivity contribution in [1.82, 2.24) is 0 Å². The molecule has 1 saturated heterocycles. The summed E-state index contributed by atoms with van der Waals surface area (Å²) in [5, 5.41) is 10.2. The largest absolute Gasteiger partial charge is 0.491 e. The molecular weight excluding hydrogens is 286 g/mol. The number of likely N-dealkylation sites (tertiary alicyclic amines) is 1. The maximum atomic E-state index is 10.2. The van der Waals surface area contributed by atoms with Crippen molar-refractivity contribution < 1.29 is 14.7 Å². The van der Waals surface area contributed by atoms with Gasteiger partial charge in [-0.05, 0) is 49.3 Å². The number of nitrogens with one attached hydrogen (secondary N) is 1. The van der Waals surface area contributed by atoms with Crippen LogP contribution in [0.3, 0.4) is 0 Å². The van der Waals surface area contributed by atoms with Crippen LogP contribution in [0.5, 0.6) is 5.75 Å². The molecule has 0 radical (unpaired) electrons. The highest BCUT2D eigenvalue weighted by atomic mass is 16.5. The molecule has 1 aliphatic carbocycles. The van der Waals surface area contributed by atoms with Crippen molar-refractivity contribution >= 4 is 0 Å². The number of hydrogen-bond donors (Lipinski definition) is 2. The molecule has 3 rings (SSSR count). The SMILES string of the molecule is CC1CC[NH+](C[C@H](O)COc2ccc([C@H]3C=CCC3)cc2)CC1. The quantitative estimate of drug-likeness (QED) is 0.789. The number of quaternary nitrogens is 1. The summed E-state index contributed by atoms with van der Waals surface area (Å²) in [6.07, 6.45) is 9.13. The van der Waals surface area contributed by atoms with E-state index < -0.39 is 0 Å². The summed E-state index contributed by atoms with van der Waals surface area (Å²) in [4.78, 5) is 1.52. The second-order valence-corrected chi connectivity index (χ2v) is 7.28. The van der Waals surface area contributed by atoms with Crippen molar-refractivity contribution in [3.63, 3.8) is 0 Å². The van der Waals surface area contributed by atoms with Gasteiger partial charge in [0.15, 0.2) is 0 Å². The average molecular weight is 316 g/mol. The van der Waals surface area contributed by atoms with Gasteiger partial charge in [0.05, 0.1) is 13.1 Å². The molecule has 1 aromatic rings. The van der Waals surface area contributed by atoms with Crippen LogP contribution in [0.4, 0.5) is 0 Å². The van der Waals surface area contributed by atoms with E-state index in [0.29, 0.717) is 12.5 Å². The standard InChI is InChI=1S/C20H29NO2/c1-16-10-12-21(13-11-16)14-19(22)15-23-20-8-6-18(7-9-20)17-4-2-3-5-17/h2,4,6-9,16-17,19,22H,3,5,10-15H2,1H3/p+1/t17-,19-/m0/s1. The molecule has 1 heterocycles. The van der Waals surface area contributed by atoms with Gasteiger partial charge >= 0.3 is 0 Å². The molecule has 0 unspecified atom stereocenters. The lowest BCUT2D eigenvalue weighted by molar-refractivity contribution is -0.909. The van der Waals surface area contributed by atoms with Crippen LogP contribution in [0.1, 0.15) is 44.1 Å². The number of aliphatic hydroxyl groups excluding tert-OH is 1. The lowest BCUT2D eigenvalue weighted by Crippen LogP contribution is -3.14. The maximum Gasteiger partial charge on any atom is 0.137 e. The van der Waals surface area contributed by atoms with Crippen LogP contribution in [0.15, 0.2) is 36.4 Å². The second-order valence-electron chi connectivity index (χ2n) is 7.28. The predicted octanol–water partition coefficient (Wildman–Crippen LogP) is 2.17. The number of ether oxygens (including phenoxy) is 1. The van der Waals surface area contributed by atoms with Crippen molar-refractivity contribution in [2.24, 2.45) is 5.92 Å². The molecule has 3 heteroatoms. The molecule has 1 fully saturated rings. The fourth-order valence-corrected chi connectivity index (χ4v) is 3.68. The minimum Gasteiger partial charge on any atom is -0.491 e. The van der Waals surface area contributed by atoms with E-state index in [9.17, 15) is 5.11 Å². The van der Waals surface area contributed by atoms with Crippen molar-refractivity contribution in [2.75, 3.05) is 26.2 Å². The molecule has 0 aromatic heterocycles. The fourth-order valence-electron chi connectivity index (χ4n) is 3.68. The molecule has 0 amide bonds. The van der Waals surface area contributed by atoms with Gasteiger partial charge in [0.25, 0.3) is 0 Å². The summed E-state index contributed by atoms with van der Waals surface area (Å²) < 4.78 is 5.77. The van der Waals surface area contributed by atoms with Crippen LogP contribution in [0, 0.1) is 5.92 Å². The molecule has 3 nitrogen and oxygen atoms in total. The first-order valence-electron chi connectivity index (χ1n) is 9.12. The summed E-state index contributed by atoms with van der Waals surface area (Å²) >= 11 is 0. The minimum absolute atomic E-state index is 0.379. The van der Waals surface area contributed by atoms with Crippen LogP contribution in [0.25, 0.3) is 0 Å². The van der Waals surface area contributed by atoms with Gasteiger partial charge in [-0.15, -0.1) is 0 Å². The van der Waals surface area contributed by atoms with Crippen LogP contribution < -0.4 is 9.64 Å². The Hall–Kier alpha value is -1.32. The van der Waals surface area contributed by atoms with Gasteiger partial charge in [-0.25, -0.2) is 0 Å². The number of aliphatic hydroxyl groups is 1. The molecule has 126 valence electrons. The first kappa shape index (κ1) is 16.5. The molecule has 1 aliphatic heterocycles. The van der Waals surface area contributed by atoms with Gasteiger partial charge < -0.3 is 14.7 Å². The van der Waals surface area contributed by atoms with E-state index in [-0.39, 0.29) is 6.10 Å². The summed E-state index contributed by atoms with van der Waals surface area (Å²) in [6, 6.07) is 8.37.